The van der Waals surface area contributed by atoms with E-state index in [1.165, 1.54) is 6.07 Å². The average molecular weight is 324 g/mol. The number of aryl methyl sites for hydroxylation is 1. The maximum Gasteiger partial charge on any atom is 0.146 e. The second-order valence-corrected chi connectivity index (χ2v) is 4.83. The molecular formula is C14H15BrFN3. The molecular weight excluding hydrogens is 309 g/mol. The second kappa shape index (κ2) is 6.10. The number of anilines is 2. The molecule has 2 aromatic rings. The lowest BCUT2D eigenvalue weighted by molar-refractivity contribution is 0.625. The highest BCUT2D eigenvalue weighted by Gasteiger charge is 2.14. The number of rotatable bonds is 4. The number of hydrogen-bond donors (Lipinski definition) is 0. The summed E-state index contributed by atoms with van der Waals surface area (Å²) in [5.41, 5.74) is 0.526. The average Bonchev–Trinajstić information content (AvgIpc) is 2.41. The molecule has 0 atom stereocenters. The van der Waals surface area contributed by atoms with Gasteiger partial charge in [-0.3, -0.25) is 0 Å². The van der Waals surface area contributed by atoms with E-state index in [2.05, 4.69) is 25.9 Å². The van der Waals surface area contributed by atoms with Crippen molar-refractivity contribution in [2.24, 2.45) is 0 Å². The number of benzene rings is 1. The van der Waals surface area contributed by atoms with Crippen molar-refractivity contribution in [2.45, 2.75) is 20.3 Å². The van der Waals surface area contributed by atoms with E-state index in [1.807, 2.05) is 24.8 Å². The van der Waals surface area contributed by atoms with E-state index in [9.17, 15) is 4.39 Å². The van der Waals surface area contributed by atoms with Crippen LogP contribution in [0, 0.1) is 5.82 Å². The summed E-state index contributed by atoms with van der Waals surface area (Å²) in [6, 6.07) is 8.50. The van der Waals surface area contributed by atoms with Gasteiger partial charge in [0.25, 0.3) is 0 Å². The van der Waals surface area contributed by atoms with E-state index in [0.717, 1.165) is 12.2 Å². The van der Waals surface area contributed by atoms with Crippen molar-refractivity contribution in [1.82, 2.24) is 9.97 Å². The lowest BCUT2D eigenvalue weighted by atomic mass is 10.2. The smallest absolute Gasteiger partial charge is 0.146 e. The van der Waals surface area contributed by atoms with Crippen LogP contribution < -0.4 is 4.90 Å². The molecule has 100 valence electrons. The van der Waals surface area contributed by atoms with Crippen molar-refractivity contribution in [3.63, 3.8) is 0 Å². The molecule has 0 saturated carbocycles. The summed E-state index contributed by atoms with van der Waals surface area (Å²) < 4.78 is 14.6. The number of hydrogen-bond acceptors (Lipinski definition) is 3. The summed E-state index contributed by atoms with van der Waals surface area (Å²) in [6.45, 7) is 4.59. The Bertz CT molecular complexity index is 574. The van der Waals surface area contributed by atoms with Gasteiger partial charge >= 0.3 is 0 Å². The maximum atomic E-state index is 13.9. The summed E-state index contributed by atoms with van der Waals surface area (Å²) in [6.07, 6.45) is 0.737. The van der Waals surface area contributed by atoms with Gasteiger partial charge in [0.15, 0.2) is 0 Å². The molecule has 0 amide bonds. The molecule has 0 aliphatic carbocycles. The summed E-state index contributed by atoms with van der Waals surface area (Å²) in [5.74, 6) is 1.18. The predicted molar refractivity (Wildman–Crippen MR) is 78.2 cm³/mol. The third kappa shape index (κ3) is 3.10. The quantitative estimate of drug-likeness (QED) is 0.793. The van der Waals surface area contributed by atoms with Crippen LogP contribution in [-0.4, -0.2) is 16.5 Å². The summed E-state index contributed by atoms with van der Waals surface area (Å²) >= 11 is 3.37. The molecule has 0 radical (unpaired) electrons. The molecule has 5 heteroatoms. The molecule has 1 aromatic carbocycles. The van der Waals surface area contributed by atoms with Crippen molar-refractivity contribution in [3.05, 3.63) is 46.6 Å². The second-order valence-electron chi connectivity index (χ2n) is 4.01. The lowest BCUT2D eigenvalue weighted by Crippen LogP contribution is -2.19. The summed E-state index contributed by atoms with van der Waals surface area (Å²) in [4.78, 5) is 10.6. The van der Waals surface area contributed by atoms with Gasteiger partial charge in [0, 0.05) is 19.0 Å². The van der Waals surface area contributed by atoms with Gasteiger partial charge in [-0.15, -0.1) is 0 Å². The predicted octanol–water partition coefficient (Wildman–Crippen LogP) is 4.10. The molecule has 3 nitrogen and oxygen atoms in total. The molecule has 0 spiro atoms. The van der Waals surface area contributed by atoms with Crippen molar-refractivity contribution >= 4 is 27.4 Å². The number of halogens is 2. The molecule has 19 heavy (non-hydrogen) atoms. The molecule has 1 aromatic heterocycles. The summed E-state index contributed by atoms with van der Waals surface area (Å²) in [7, 11) is 0. The Kier molecular flexibility index (Phi) is 4.47. The molecule has 0 unspecified atom stereocenters. The van der Waals surface area contributed by atoms with Gasteiger partial charge in [0.1, 0.15) is 22.1 Å². The first kappa shape index (κ1) is 13.9. The van der Waals surface area contributed by atoms with E-state index in [-0.39, 0.29) is 5.82 Å². The van der Waals surface area contributed by atoms with E-state index in [0.29, 0.717) is 22.7 Å². The highest BCUT2D eigenvalue weighted by molar-refractivity contribution is 9.10. The largest absolute Gasteiger partial charge is 0.324 e. The monoisotopic (exact) mass is 323 g/mol. The van der Waals surface area contributed by atoms with Crippen molar-refractivity contribution in [2.75, 3.05) is 11.4 Å². The van der Waals surface area contributed by atoms with Crippen LogP contribution in [0.15, 0.2) is 34.9 Å². The van der Waals surface area contributed by atoms with Crippen LogP contribution in [0.2, 0.25) is 0 Å². The third-order valence-corrected chi connectivity index (χ3v) is 3.19. The zero-order valence-electron chi connectivity index (χ0n) is 10.9. The van der Waals surface area contributed by atoms with E-state index >= 15 is 0 Å². The van der Waals surface area contributed by atoms with Gasteiger partial charge < -0.3 is 4.90 Å². The zero-order valence-corrected chi connectivity index (χ0v) is 12.5. The first-order valence-corrected chi connectivity index (χ1v) is 7.00. The van der Waals surface area contributed by atoms with E-state index in [1.54, 1.807) is 18.2 Å². The van der Waals surface area contributed by atoms with Crippen LogP contribution in [0.25, 0.3) is 0 Å². The number of aromatic nitrogens is 2. The fourth-order valence-corrected chi connectivity index (χ4v) is 2.28. The zero-order chi connectivity index (χ0) is 13.8. The SMILES string of the molecule is CCc1nc(Br)cc(N(CC)c2ccccc2F)n1. The minimum Gasteiger partial charge on any atom is -0.324 e. The van der Waals surface area contributed by atoms with Gasteiger partial charge in [0.2, 0.25) is 0 Å². The Hall–Kier alpha value is -1.49. The number of para-hydroxylation sites is 1. The van der Waals surface area contributed by atoms with Crippen molar-refractivity contribution in [3.8, 4) is 0 Å². The highest BCUT2D eigenvalue weighted by Crippen LogP contribution is 2.27. The fraction of sp³-hybridized carbons (Fsp3) is 0.286. The molecule has 0 N–H and O–H groups in total. The maximum absolute atomic E-state index is 13.9. The fourth-order valence-electron chi connectivity index (χ4n) is 1.87. The molecule has 0 saturated heterocycles. The molecule has 0 aliphatic heterocycles. The Balaban J connectivity index is 2.48. The topological polar surface area (TPSA) is 29.0 Å². The van der Waals surface area contributed by atoms with Crippen LogP contribution in [-0.2, 0) is 6.42 Å². The van der Waals surface area contributed by atoms with Crippen LogP contribution in [0.5, 0.6) is 0 Å². The first-order valence-electron chi connectivity index (χ1n) is 6.21. The molecule has 1 heterocycles. The lowest BCUT2D eigenvalue weighted by Gasteiger charge is -2.23. The minimum absolute atomic E-state index is 0.253. The Morgan fingerprint density at radius 3 is 2.58 bits per heavy atom. The summed E-state index contributed by atoms with van der Waals surface area (Å²) in [5, 5.41) is 0. The van der Waals surface area contributed by atoms with Crippen molar-refractivity contribution in [1.29, 1.82) is 0 Å². The minimum atomic E-state index is -0.253. The van der Waals surface area contributed by atoms with Crippen LogP contribution >= 0.6 is 15.9 Å². The molecule has 0 fully saturated rings. The third-order valence-electron chi connectivity index (χ3n) is 2.78. The molecule has 0 bridgehead atoms. The van der Waals surface area contributed by atoms with Crippen LogP contribution in [0.1, 0.15) is 19.7 Å². The Labute approximate surface area is 120 Å². The molecule has 0 aliphatic rings. The van der Waals surface area contributed by atoms with Gasteiger partial charge in [-0.1, -0.05) is 19.1 Å². The normalized spacial score (nSPS) is 10.5. The molecule has 2 rings (SSSR count). The van der Waals surface area contributed by atoms with Crippen LogP contribution in [0.4, 0.5) is 15.9 Å². The van der Waals surface area contributed by atoms with E-state index < -0.39 is 0 Å². The van der Waals surface area contributed by atoms with Gasteiger partial charge in [-0.2, -0.15) is 0 Å². The Morgan fingerprint density at radius 2 is 1.95 bits per heavy atom. The van der Waals surface area contributed by atoms with Gasteiger partial charge in [-0.25, -0.2) is 14.4 Å². The van der Waals surface area contributed by atoms with Crippen LogP contribution in [0.3, 0.4) is 0 Å². The highest BCUT2D eigenvalue weighted by atomic mass is 79.9. The Morgan fingerprint density at radius 1 is 1.21 bits per heavy atom. The van der Waals surface area contributed by atoms with E-state index in [4.69, 9.17) is 0 Å². The number of nitrogens with zero attached hydrogens (tertiary/aromatic N) is 3. The standard InChI is InChI=1S/C14H15BrFN3/c1-3-13-17-12(15)9-14(18-13)19(4-2)11-8-6-5-7-10(11)16/h5-9H,3-4H2,1-2H3. The van der Waals surface area contributed by atoms with Gasteiger partial charge in [0.05, 0.1) is 5.69 Å². The first-order chi connectivity index (χ1) is 9.15. The van der Waals surface area contributed by atoms with Crippen molar-refractivity contribution < 1.29 is 4.39 Å². The van der Waals surface area contributed by atoms with Gasteiger partial charge in [-0.05, 0) is 35.0 Å².